The zero-order valence-electron chi connectivity index (χ0n) is 10.8. The smallest absolute Gasteiger partial charge is 0.175 e. The van der Waals surface area contributed by atoms with Gasteiger partial charge in [0.25, 0.3) is 0 Å². The second kappa shape index (κ2) is 5.70. The average molecular weight is 264 g/mol. The lowest BCUT2D eigenvalue weighted by Gasteiger charge is -2.17. The summed E-state index contributed by atoms with van der Waals surface area (Å²) in [7, 11) is -3.08. The van der Waals surface area contributed by atoms with E-state index in [4.69, 9.17) is 0 Å². The van der Waals surface area contributed by atoms with Crippen LogP contribution in [0, 0.1) is 5.92 Å². The van der Waals surface area contributed by atoms with Gasteiger partial charge in [-0.3, -0.25) is 0 Å². The van der Waals surface area contributed by atoms with Gasteiger partial charge in [-0.25, -0.2) is 8.42 Å². The molecular weight excluding hydrogens is 244 g/mol. The monoisotopic (exact) mass is 264 g/mol. The normalized spacial score (nSPS) is 18.3. The maximum atomic E-state index is 11.3. The van der Waals surface area contributed by atoms with Gasteiger partial charge in [0.05, 0.1) is 4.90 Å². The molecule has 0 N–H and O–H groups in total. The van der Waals surface area contributed by atoms with Crippen molar-refractivity contribution in [2.45, 2.75) is 37.0 Å². The van der Waals surface area contributed by atoms with Gasteiger partial charge in [-0.1, -0.05) is 43.5 Å². The summed E-state index contributed by atoms with van der Waals surface area (Å²) in [5.74, 6) is 0.702. The molecule has 0 aromatic heterocycles. The zero-order chi connectivity index (χ0) is 13.0. The molecule has 0 radical (unpaired) electrons. The second-order valence-electron chi connectivity index (χ2n) is 5.10. The molecule has 1 aliphatic carbocycles. The molecule has 0 unspecified atom stereocenters. The van der Waals surface area contributed by atoms with Crippen LogP contribution in [0.2, 0.25) is 0 Å². The van der Waals surface area contributed by atoms with Crippen LogP contribution in [-0.2, 0) is 9.84 Å². The maximum Gasteiger partial charge on any atom is 0.175 e. The predicted molar refractivity (Wildman–Crippen MR) is 75.2 cm³/mol. The number of hydrogen-bond acceptors (Lipinski definition) is 2. The molecule has 3 heteroatoms. The molecule has 1 saturated carbocycles. The minimum Gasteiger partial charge on any atom is -0.224 e. The summed E-state index contributed by atoms with van der Waals surface area (Å²) < 4.78 is 22.7. The van der Waals surface area contributed by atoms with Gasteiger partial charge >= 0.3 is 0 Å². The summed E-state index contributed by atoms with van der Waals surface area (Å²) >= 11 is 0. The van der Waals surface area contributed by atoms with Gasteiger partial charge in [0.15, 0.2) is 9.84 Å². The first kappa shape index (κ1) is 13.3. The van der Waals surface area contributed by atoms with Crippen molar-refractivity contribution in [3.05, 3.63) is 35.9 Å². The van der Waals surface area contributed by atoms with Gasteiger partial charge < -0.3 is 0 Å². The van der Waals surface area contributed by atoms with Gasteiger partial charge in [-0.15, -0.1) is 0 Å². The molecule has 1 fully saturated rings. The van der Waals surface area contributed by atoms with E-state index < -0.39 is 9.84 Å². The summed E-state index contributed by atoms with van der Waals surface area (Å²) in [5.41, 5.74) is 1.08. The van der Waals surface area contributed by atoms with Crippen LogP contribution in [0.4, 0.5) is 0 Å². The van der Waals surface area contributed by atoms with E-state index in [1.807, 2.05) is 12.1 Å². The van der Waals surface area contributed by atoms with E-state index in [9.17, 15) is 8.42 Å². The van der Waals surface area contributed by atoms with Crippen LogP contribution in [0.5, 0.6) is 0 Å². The van der Waals surface area contributed by atoms with E-state index >= 15 is 0 Å². The lowest BCUT2D eigenvalue weighted by molar-refractivity contribution is 0.420. The summed E-state index contributed by atoms with van der Waals surface area (Å²) in [4.78, 5) is 0.386. The molecule has 2 rings (SSSR count). The Hall–Kier alpha value is -1.09. The van der Waals surface area contributed by atoms with Gasteiger partial charge in [0.2, 0.25) is 0 Å². The third kappa shape index (κ3) is 3.70. The van der Waals surface area contributed by atoms with Crippen molar-refractivity contribution in [1.82, 2.24) is 0 Å². The zero-order valence-corrected chi connectivity index (χ0v) is 11.6. The van der Waals surface area contributed by atoms with Crippen LogP contribution in [-0.4, -0.2) is 14.7 Å². The van der Waals surface area contributed by atoms with E-state index in [-0.39, 0.29) is 0 Å². The fraction of sp³-hybridized carbons (Fsp3) is 0.467. The maximum absolute atomic E-state index is 11.3. The van der Waals surface area contributed by atoms with Gasteiger partial charge in [-0.2, -0.15) is 0 Å². The third-order valence-electron chi connectivity index (χ3n) is 3.52. The Balaban J connectivity index is 2.03. The molecule has 18 heavy (non-hydrogen) atoms. The fourth-order valence-electron chi connectivity index (χ4n) is 2.40. The van der Waals surface area contributed by atoms with E-state index in [0.717, 1.165) is 5.56 Å². The number of rotatable bonds is 3. The fourth-order valence-corrected chi connectivity index (χ4v) is 3.03. The molecule has 98 valence electrons. The molecule has 0 atom stereocenters. The van der Waals surface area contributed by atoms with Crippen LogP contribution < -0.4 is 0 Å². The average Bonchev–Trinajstić information content (AvgIpc) is 2.37. The summed E-state index contributed by atoms with van der Waals surface area (Å²) in [6.45, 7) is 0. The highest BCUT2D eigenvalue weighted by Crippen LogP contribution is 2.25. The number of benzene rings is 1. The minimum atomic E-state index is -3.08. The van der Waals surface area contributed by atoms with Crippen LogP contribution >= 0.6 is 0 Å². The molecular formula is C15H20O2S. The first-order valence-electron chi connectivity index (χ1n) is 6.54. The first-order valence-corrected chi connectivity index (χ1v) is 8.43. The number of hydrogen-bond donors (Lipinski definition) is 0. The summed E-state index contributed by atoms with van der Waals surface area (Å²) in [6.07, 6.45) is 12.2. The van der Waals surface area contributed by atoms with Crippen molar-refractivity contribution >= 4 is 15.9 Å². The third-order valence-corrected chi connectivity index (χ3v) is 4.65. The second-order valence-corrected chi connectivity index (χ2v) is 7.11. The van der Waals surface area contributed by atoms with Crippen molar-refractivity contribution in [2.24, 2.45) is 5.92 Å². The molecule has 1 aromatic rings. The Bertz CT molecular complexity index is 506. The SMILES string of the molecule is CS(=O)(=O)c1ccc(/C=C/C2CCCCC2)cc1. The van der Waals surface area contributed by atoms with Crippen molar-refractivity contribution in [1.29, 1.82) is 0 Å². The van der Waals surface area contributed by atoms with Crippen molar-refractivity contribution in [3.63, 3.8) is 0 Å². The molecule has 1 aliphatic rings. The van der Waals surface area contributed by atoms with Crippen molar-refractivity contribution in [2.75, 3.05) is 6.26 Å². The number of allylic oxidation sites excluding steroid dienone is 1. The highest BCUT2D eigenvalue weighted by Gasteiger charge is 2.09. The van der Waals surface area contributed by atoms with E-state index in [2.05, 4.69) is 12.2 Å². The summed E-state index contributed by atoms with van der Waals surface area (Å²) in [5, 5.41) is 0. The molecule has 0 aliphatic heterocycles. The Labute approximate surface area is 110 Å². The molecule has 0 amide bonds. The molecule has 0 heterocycles. The quantitative estimate of drug-likeness (QED) is 0.834. The van der Waals surface area contributed by atoms with Crippen LogP contribution in [0.15, 0.2) is 35.2 Å². The Kier molecular flexibility index (Phi) is 4.23. The Morgan fingerprint density at radius 3 is 2.22 bits per heavy atom. The molecule has 0 saturated heterocycles. The molecule has 1 aromatic carbocycles. The first-order chi connectivity index (χ1) is 8.55. The van der Waals surface area contributed by atoms with Crippen LogP contribution in [0.25, 0.3) is 6.08 Å². The Morgan fingerprint density at radius 1 is 1.06 bits per heavy atom. The highest BCUT2D eigenvalue weighted by molar-refractivity contribution is 7.90. The van der Waals surface area contributed by atoms with Crippen LogP contribution in [0.1, 0.15) is 37.7 Å². The largest absolute Gasteiger partial charge is 0.224 e. The van der Waals surface area contributed by atoms with Crippen LogP contribution in [0.3, 0.4) is 0 Å². The van der Waals surface area contributed by atoms with Gasteiger partial charge in [0.1, 0.15) is 0 Å². The number of sulfone groups is 1. The lowest BCUT2D eigenvalue weighted by atomic mass is 9.89. The van der Waals surface area contributed by atoms with Gasteiger partial charge in [0, 0.05) is 6.26 Å². The highest BCUT2D eigenvalue weighted by atomic mass is 32.2. The lowest BCUT2D eigenvalue weighted by Crippen LogP contribution is -2.02. The Morgan fingerprint density at radius 2 is 1.67 bits per heavy atom. The molecule has 0 spiro atoms. The standard InChI is InChI=1S/C15H20O2S/c1-18(16,17)15-11-9-14(10-12-15)8-7-13-5-3-2-4-6-13/h7-13H,2-6H2,1H3/b8-7+. The van der Waals surface area contributed by atoms with E-state index in [1.165, 1.54) is 38.4 Å². The van der Waals surface area contributed by atoms with Gasteiger partial charge in [-0.05, 0) is 36.5 Å². The molecule has 2 nitrogen and oxygen atoms in total. The van der Waals surface area contributed by atoms with Crippen molar-refractivity contribution < 1.29 is 8.42 Å². The predicted octanol–water partition coefficient (Wildman–Crippen LogP) is 3.68. The minimum absolute atomic E-state index is 0.386. The van der Waals surface area contributed by atoms with E-state index in [0.29, 0.717) is 10.8 Å². The topological polar surface area (TPSA) is 34.1 Å². The van der Waals surface area contributed by atoms with Crippen molar-refractivity contribution in [3.8, 4) is 0 Å². The van der Waals surface area contributed by atoms with E-state index in [1.54, 1.807) is 12.1 Å². The summed E-state index contributed by atoms with van der Waals surface area (Å²) in [6, 6.07) is 7.09. The molecule has 0 bridgehead atoms.